The molecule has 164 valence electrons. The van der Waals surface area contributed by atoms with Crippen molar-refractivity contribution in [1.29, 1.82) is 0 Å². The highest BCUT2D eigenvalue weighted by atomic mass is 35.5. The monoisotopic (exact) mass is 473 g/mol. The summed E-state index contributed by atoms with van der Waals surface area (Å²) in [4.78, 5) is 26.4. The molecule has 0 amide bonds. The van der Waals surface area contributed by atoms with Crippen LogP contribution in [-0.4, -0.2) is 25.8 Å². The van der Waals surface area contributed by atoms with E-state index in [0.29, 0.717) is 11.4 Å². The fourth-order valence-corrected chi connectivity index (χ4v) is 4.23. The van der Waals surface area contributed by atoms with Gasteiger partial charge in [-0.3, -0.25) is 4.98 Å². The smallest absolute Gasteiger partial charge is 0.353 e. The topological polar surface area (TPSA) is 86.7 Å². The van der Waals surface area contributed by atoms with Crippen LogP contribution in [0.2, 0.25) is 5.02 Å². The summed E-state index contributed by atoms with van der Waals surface area (Å²) in [5.41, 5.74) is 5.90. The zero-order valence-corrected chi connectivity index (χ0v) is 18.9. The lowest BCUT2D eigenvalue weighted by atomic mass is 10.1. The van der Waals surface area contributed by atoms with Gasteiger partial charge < -0.3 is 5.73 Å². The number of nitrogen functional groups attached to an aromatic ring is 1. The molecule has 6 nitrogen and oxygen atoms in total. The quantitative estimate of drug-likeness (QED) is 0.324. The number of hydrogen-bond donors (Lipinski definition) is 1. The maximum Gasteiger partial charge on any atom is 0.353 e. The number of hydrogen-bond acceptors (Lipinski definition) is 6. The number of nitrogens with zero attached hydrogens (tertiary/aromatic N) is 4. The maximum absolute atomic E-state index is 15.0. The predicted octanol–water partition coefficient (Wildman–Crippen LogP) is 5.20. The number of nitrogens with two attached hydrogens (primary N) is 1. The van der Waals surface area contributed by atoms with Gasteiger partial charge in [-0.05, 0) is 36.4 Å². The van der Waals surface area contributed by atoms with Gasteiger partial charge in [0.25, 0.3) is 0 Å². The molecule has 0 saturated carbocycles. The largest absolute Gasteiger partial charge is 0.398 e. The number of fused-ring (bicyclic) bond motifs is 1. The lowest BCUT2D eigenvalue weighted by Gasteiger charge is -2.18. The molecule has 4 aromatic rings. The van der Waals surface area contributed by atoms with Gasteiger partial charge in [0, 0.05) is 28.4 Å². The summed E-state index contributed by atoms with van der Waals surface area (Å²) in [7, 11) is 0. The first-order valence-corrected chi connectivity index (χ1v) is 11.2. The molecule has 10 heteroatoms. The summed E-state index contributed by atoms with van der Waals surface area (Å²) in [5.74, 6) is -1.74. The molecular formula is C22H18ClF2N5OS. The van der Waals surface area contributed by atoms with E-state index >= 15 is 4.39 Å². The Morgan fingerprint density at radius 1 is 1.19 bits per heavy atom. The number of benzene rings is 1. The van der Waals surface area contributed by atoms with Gasteiger partial charge in [0.15, 0.2) is 11.5 Å². The minimum Gasteiger partial charge on any atom is -0.398 e. The fraction of sp³-hybridized carbons (Fsp3) is 0.182. The Labute approximate surface area is 191 Å². The molecule has 0 aliphatic heterocycles. The summed E-state index contributed by atoms with van der Waals surface area (Å²) in [6, 6.07) is 5.57. The van der Waals surface area contributed by atoms with Crippen molar-refractivity contribution in [3.63, 3.8) is 0 Å². The summed E-state index contributed by atoms with van der Waals surface area (Å²) >= 11 is 7.32. The second kappa shape index (κ2) is 8.48. The molecule has 0 aliphatic carbocycles. The zero-order chi connectivity index (χ0) is 23.2. The van der Waals surface area contributed by atoms with E-state index in [4.69, 9.17) is 17.3 Å². The summed E-state index contributed by atoms with van der Waals surface area (Å²) in [5, 5.41) is 0.0408. The highest BCUT2D eigenvalue weighted by Crippen LogP contribution is 2.36. The summed E-state index contributed by atoms with van der Waals surface area (Å²) in [6.07, 6.45) is 4.76. The van der Waals surface area contributed by atoms with Gasteiger partial charge in [-0.15, -0.1) is 11.8 Å². The van der Waals surface area contributed by atoms with Crippen LogP contribution in [0.1, 0.15) is 25.5 Å². The van der Waals surface area contributed by atoms with Crippen LogP contribution in [0.5, 0.6) is 0 Å². The van der Waals surface area contributed by atoms with E-state index in [1.165, 1.54) is 34.7 Å². The number of rotatable bonds is 4. The van der Waals surface area contributed by atoms with E-state index in [2.05, 4.69) is 15.0 Å². The molecule has 4 rings (SSSR count). The maximum atomic E-state index is 15.0. The van der Waals surface area contributed by atoms with Crippen molar-refractivity contribution < 1.29 is 8.78 Å². The summed E-state index contributed by atoms with van der Waals surface area (Å²) < 4.78 is 31.1. The third-order valence-electron chi connectivity index (χ3n) is 4.97. The van der Waals surface area contributed by atoms with Crippen LogP contribution >= 0.6 is 23.4 Å². The van der Waals surface area contributed by atoms with Crippen molar-refractivity contribution in [2.75, 3.05) is 12.0 Å². The number of pyridine rings is 2. The first kappa shape index (κ1) is 22.2. The lowest BCUT2D eigenvalue weighted by molar-refractivity contribution is 0.613. The van der Waals surface area contributed by atoms with Crippen LogP contribution in [0, 0.1) is 11.6 Å². The highest BCUT2D eigenvalue weighted by molar-refractivity contribution is 7.98. The minimum absolute atomic E-state index is 0.0276. The van der Waals surface area contributed by atoms with Gasteiger partial charge in [-0.25, -0.2) is 28.1 Å². The van der Waals surface area contributed by atoms with Crippen LogP contribution < -0.4 is 11.4 Å². The molecule has 0 saturated heterocycles. The molecule has 0 atom stereocenters. The molecular weight excluding hydrogens is 456 g/mol. The second-order valence-corrected chi connectivity index (χ2v) is 8.59. The van der Waals surface area contributed by atoms with E-state index in [1.54, 1.807) is 12.3 Å². The van der Waals surface area contributed by atoms with Crippen molar-refractivity contribution in [3.8, 4) is 16.9 Å². The van der Waals surface area contributed by atoms with Gasteiger partial charge in [0.05, 0.1) is 22.0 Å². The van der Waals surface area contributed by atoms with Crippen LogP contribution in [0.15, 0.2) is 46.3 Å². The Bertz CT molecular complexity index is 1420. The predicted molar refractivity (Wildman–Crippen MR) is 124 cm³/mol. The number of aromatic nitrogens is 4. The van der Waals surface area contributed by atoms with Gasteiger partial charge >= 0.3 is 5.69 Å². The van der Waals surface area contributed by atoms with Crippen molar-refractivity contribution in [1.82, 2.24) is 19.5 Å². The van der Waals surface area contributed by atoms with E-state index in [0.717, 1.165) is 11.0 Å². The molecule has 3 aromatic heterocycles. The molecule has 32 heavy (non-hydrogen) atoms. The first-order valence-electron chi connectivity index (χ1n) is 9.60. The molecule has 0 bridgehead atoms. The number of thioether (sulfide) groups is 1. The van der Waals surface area contributed by atoms with Crippen molar-refractivity contribution >= 4 is 40.1 Å². The minimum atomic E-state index is -0.894. The number of halogens is 3. The van der Waals surface area contributed by atoms with Crippen LogP contribution in [0.3, 0.4) is 0 Å². The fourth-order valence-electron chi connectivity index (χ4n) is 3.49. The Morgan fingerprint density at radius 3 is 2.62 bits per heavy atom. The van der Waals surface area contributed by atoms with Crippen molar-refractivity contribution in [2.45, 2.75) is 24.7 Å². The average Bonchev–Trinajstić information content (AvgIpc) is 2.76. The SMILES string of the molecule is CSc1ccnc(C(C)C)c1-n1c(=O)ncc2cc(F)c(-c3c(N)ccc(Cl)c3F)nc21. The molecule has 2 N–H and O–H groups in total. The van der Waals surface area contributed by atoms with E-state index in [9.17, 15) is 9.18 Å². The van der Waals surface area contributed by atoms with E-state index in [1.807, 2.05) is 20.1 Å². The molecule has 0 radical (unpaired) electrons. The van der Waals surface area contributed by atoms with Crippen LogP contribution in [0.25, 0.3) is 28.0 Å². The van der Waals surface area contributed by atoms with Gasteiger partial charge in [0.1, 0.15) is 11.5 Å². The summed E-state index contributed by atoms with van der Waals surface area (Å²) in [6.45, 7) is 3.89. The number of anilines is 1. The third kappa shape index (κ3) is 3.61. The molecule has 0 fully saturated rings. The Kier molecular flexibility index (Phi) is 5.87. The Morgan fingerprint density at radius 2 is 1.94 bits per heavy atom. The molecule has 3 heterocycles. The lowest BCUT2D eigenvalue weighted by Crippen LogP contribution is -2.24. The first-order chi connectivity index (χ1) is 15.2. The molecule has 1 aromatic carbocycles. The average molecular weight is 474 g/mol. The van der Waals surface area contributed by atoms with Crippen molar-refractivity contribution in [2.24, 2.45) is 0 Å². The van der Waals surface area contributed by atoms with Gasteiger partial charge in [-0.2, -0.15) is 0 Å². The van der Waals surface area contributed by atoms with E-state index < -0.39 is 17.3 Å². The second-order valence-electron chi connectivity index (χ2n) is 7.34. The Balaban J connectivity index is 2.15. The van der Waals surface area contributed by atoms with Crippen LogP contribution in [-0.2, 0) is 0 Å². The van der Waals surface area contributed by atoms with Crippen LogP contribution in [0.4, 0.5) is 14.5 Å². The highest BCUT2D eigenvalue weighted by Gasteiger charge is 2.23. The normalized spacial score (nSPS) is 11.5. The zero-order valence-electron chi connectivity index (χ0n) is 17.4. The molecule has 0 unspecified atom stereocenters. The van der Waals surface area contributed by atoms with Gasteiger partial charge in [-0.1, -0.05) is 25.4 Å². The van der Waals surface area contributed by atoms with Gasteiger partial charge in [0.2, 0.25) is 0 Å². The van der Waals surface area contributed by atoms with E-state index in [-0.39, 0.29) is 38.9 Å². The standard InChI is InChI=1S/C22H18ClF2N5OS/c1-10(2)18-20(15(32-3)6-7-27-18)30-21-11(9-28-22(30)31)8-13(24)19(29-21)16-14(26)5-4-12(23)17(16)25/h4-10H,26H2,1-3H3. The molecule has 0 aliphatic rings. The molecule has 0 spiro atoms. The third-order valence-corrected chi connectivity index (χ3v) is 6.03. The van der Waals surface area contributed by atoms with Crippen molar-refractivity contribution in [3.05, 3.63) is 69.5 Å². The Hall–Kier alpha value is -3.04.